The minimum absolute atomic E-state index is 0.0131. The van der Waals surface area contributed by atoms with Gasteiger partial charge in [0.1, 0.15) is 6.61 Å². The Morgan fingerprint density at radius 2 is 2.26 bits per heavy atom. The number of alkyl halides is 3. The Morgan fingerprint density at radius 1 is 1.43 bits per heavy atom. The quantitative estimate of drug-likeness (QED) is 0.741. The van der Waals surface area contributed by atoms with Gasteiger partial charge < -0.3 is 14.6 Å². The largest absolute Gasteiger partial charge is 0.411 e. The number of rotatable bonds is 8. The summed E-state index contributed by atoms with van der Waals surface area (Å²) < 4.78 is 44.9. The third-order valence-corrected chi connectivity index (χ3v) is 3.48. The van der Waals surface area contributed by atoms with Crippen LogP contribution in [0.25, 0.3) is 10.7 Å². The van der Waals surface area contributed by atoms with Gasteiger partial charge in [0.2, 0.25) is 17.6 Å². The molecule has 0 atom stereocenters. The third kappa shape index (κ3) is 6.37. The zero-order valence-corrected chi connectivity index (χ0v) is 12.7. The second-order valence-electron chi connectivity index (χ2n) is 4.51. The molecule has 1 N–H and O–H groups in total. The number of ether oxygens (including phenoxy) is 1. The van der Waals surface area contributed by atoms with Crippen LogP contribution >= 0.6 is 11.3 Å². The summed E-state index contributed by atoms with van der Waals surface area (Å²) >= 11 is 1.47. The summed E-state index contributed by atoms with van der Waals surface area (Å²) in [5.74, 6) is 0.476. The zero-order valence-electron chi connectivity index (χ0n) is 11.9. The maximum Gasteiger partial charge on any atom is 0.411 e. The molecule has 0 aliphatic rings. The topological polar surface area (TPSA) is 77.2 Å². The molecule has 0 unspecified atom stereocenters. The highest BCUT2D eigenvalue weighted by molar-refractivity contribution is 7.13. The molecule has 0 aliphatic carbocycles. The lowest BCUT2D eigenvalue weighted by molar-refractivity contribution is -0.173. The van der Waals surface area contributed by atoms with E-state index in [1.807, 2.05) is 17.5 Å². The molecule has 0 bridgehead atoms. The molecule has 23 heavy (non-hydrogen) atoms. The van der Waals surface area contributed by atoms with Crippen LogP contribution in [0.1, 0.15) is 12.3 Å². The van der Waals surface area contributed by atoms with Crippen molar-refractivity contribution >= 4 is 17.2 Å². The van der Waals surface area contributed by atoms with Gasteiger partial charge in [-0.15, -0.1) is 11.3 Å². The number of carbonyl (C=O) groups is 1. The van der Waals surface area contributed by atoms with Crippen molar-refractivity contribution in [2.45, 2.75) is 19.0 Å². The van der Waals surface area contributed by atoms with Crippen LogP contribution in [0.5, 0.6) is 0 Å². The SMILES string of the molecule is O=C(CCc1nc(-c2cccs2)no1)NCCOCC(F)(F)F. The first-order chi connectivity index (χ1) is 10.9. The fourth-order valence-corrected chi connectivity index (χ4v) is 2.27. The Balaban J connectivity index is 1.63. The number of aromatic nitrogens is 2. The van der Waals surface area contributed by atoms with Crippen LogP contribution in [-0.2, 0) is 16.0 Å². The third-order valence-electron chi connectivity index (χ3n) is 2.61. The van der Waals surface area contributed by atoms with Crippen LogP contribution in [-0.4, -0.2) is 42.0 Å². The summed E-state index contributed by atoms with van der Waals surface area (Å²) in [7, 11) is 0. The van der Waals surface area contributed by atoms with E-state index in [0.29, 0.717) is 11.7 Å². The Labute approximate surface area is 133 Å². The van der Waals surface area contributed by atoms with Gasteiger partial charge in [0.05, 0.1) is 11.5 Å². The van der Waals surface area contributed by atoms with E-state index in [9.17, 15) is 18.0 Å². The molecule has 0 radical (unpaired) electrons. The van der Waals surface area contributed by atoms with E-state index < -0.39 is 12.8 Å². The van der Waals surface area contributed by atoms with Crippen molar-refractivity contribution in [3.63, 3.8) is 0 Å². The molecule has 6 nitrogen and oxygen atoms in total. The summed E-state index contributed by atoms with van der Waals surface area (Å²) in [5, 5.41) is 8.16. The van der Waals surface area contributed by atoms with Crippen LogP contribution in [0, 0.1) is 0 Å². The first kappa shape index (κ1) is 17.4. The molecule has 0 aliphatic heterocycles. The molecule has 2 aromatic heterocycles. The van der Waals surface area contributed by atoms with E-state index in [0.717, 1.165) is 4.88 Å². The van der Waals surface area contributed by atoms with E-state index in [1.54, 1.807) is 0 Å². The number of hydrogen-bond donors (Lipinski definition) is 1. The van der Waals surface area contributed by atoms with E-state index in [4.69, 9.17) is 4.52 Å². The highest BCUT2D eigenvalue weighted by Gasteiger charge is 2.27. The minimum Gasteiger partial charge on any atom is -0.370 e. The van der Waals surface area contributed by atoms with Crippen molar-refractivity contribution in [3.8, 4) is 10.7 Å². The summed E-state index contributed by atoms with van der Waals surface area (Å²) in [6.07, 6.45) is -4.00. The van der Waals surface area contributed by atoms with Gasteiger partial charge >= 0.3 is 6.18 Å². The summed E-state index contributed by atoms with van der Waals surface area (Å²) in [6, 6.07) is 3.72. The average Bonchev–Trinajstić information content (AvgIpc) is 3.14. The Hall–Kier alpha value is -1.94. The molecule has 1 amide bonds. The van der Waals surface area contributed by atoms with Gasteiger partial charge in [-0.05, 0) is 11.4 Å². The number of nitrogens with one attached hydrogen (secondary N) is 1. The minimum atomic E-state index is -4.36. The fraction of sp³-hybridized carbons (Fsp3) is 0.462. The number of nitrogens with zero attached hydrogens (tertiary/aromatic N) is 2. The predicted molar refractivity (Wildman–Crippen MR) is 75.8 cm³/mol. The monoisotopic (exact) mass is 349 g/mol. The molecular weight excluding hydrogens is 335 g/mol. The van der Waals surface area contributed by atoms with E-state index >= 15 is 0 Å². The average molecular weight is 349 g/mol. The van der Waals surface area contributed by atoms with E-state index in [-0.39, 0.29) is 31.9 Å². The molecule has 126 valence electrons. The summed E-state index contributed by atoms with van der Waals surface area (Å²) in [4.78, 5) is 16.6. The maximum absolute atomic E-state index is 11.8. The lowest BCUT2D eigenvalue weighted by Gasteiger charge is -2.08. The van der Waals surface area contributed by atoms with Crippen molar-refractivity contribution in [1.82, 2.24) is 15.5 Å². The van der Waals surface area contributed by atoms with Gasteiger partial charge in [0, 0.05) is 19.4 Å². The number of halogens is 3. The van der Waals surface area contributed by atoms with Gasteiger partial charge in [-0.3, -0.25) is 4.79 Å². The second kappa shape index (κ2) is 8.06. The van der Waals surface area contributed by atoms with Gasteiger partial charge in [-0.25, -0.2) is 0 Å². The summed E-state index contributed by atoms with van der Waals surface area (Å²) in [6.45, 7) is -1.51. The standard InChI is InChI=1S/C13H14F3N3O3S/c14-13(15,16)8-21-6-5-17-10(20)3-4-11-18-12(19-22-11)9-2-1-7-23-9/h1-2,7H,3-6,8H2,(H,17,20). The Morgan fingerprint density at radius 3 is 2.96 bits per heavy atom. The predicted octanol–water partition coefficient (Wildman–Crippen LogP) is 2.43. The molecule has 2 heterocycles. The number of hydrogen-bond acceptors (Lipinski definition) is 6. The molecule has 0 aromatic carbocycles. The molecule has 2 rings (SSSR count). The van der Waals surface area contributed by atoms with Crippen molar-refractivity contribution < 1.29 is 27.2 Å². The van der Waals surface area contributed by atoms with Crippen LogP contribution in [0.3, 0.4) is 0 Å². The second-order valence-corrected chi connectivity index (χ2v) is 5.45. The molecular formula is C13H14F3N3O3S. The first-order valence-corrected chi connectivity index (χ1v) is 7.59. The normalized spacial score (nSPS) is 11.6. The van der Waals surface area contributed by atoms with Crippen molar-refractivity contribution in [1.29, 1.82) is 0 Å². The van der Waals surface area contributed by atoms with Crippen LogP contribution in [0.4, 0.5) is 13.2 Å². The molecule has 2 aromatic rings. The highest BCUT2D eigenvalue weighted by atomic mass is 32.1. The first-order valence-electron chi connectivity index (χ1n) is 6.72. The highest BCUT2D eigenvalue weighted by Crippen LogP contribution is 2.21. The lowest BCUT2D eigenvalue weighted by atomic mass is 10.3. The number of amides is 1. The van der Waals surface area contributed by atoms with Gasteiger partial charge in [-0.2, -0.15) is 18.2 Å². The van der Waals surface area contributed by atoms with Crippen molar-refractivity contribution in [2.75, 3.05) is 19.8 Å². The van der Waals surface area contributed by atoms with E-state index in [1.165, 1.54) is 11.3 Å². The lowest BCUT2D eigenvalue weighted by Crippen LogP contribution is -2.29. The molecule has 0 saturated carbocycles. The number of carbonyl (C=O) groups excluding carboxylic acids is 1. The summed E-state index contributed by atoms with van der Waals surface area (Å²) in [5.41, 5.74) is 0. The smallest absolute Gasteiger partial charge is 0.370 e. The number of thiophene rings is 1. The fourth-order valence-electron chi connectivity index (χ4n) is 1.62. The van der Waals surface area contributed by atoms with Gasteiger partial charge in [-0.1, -0.05) is 11.2 Å². The van der Waals surface area contributed by atoms with Crippen LogP contribution in [0.2, 0.25) is 0 Å². The maximum atomic E-state index is 11.8. The molecule has 0 fully saturated rings. The van der Waals surface area contributed by atoms with Crippen LogP contribution in [0.15, 0.2) is 22.0 Å². The van der Waals surface area contributed by atoms with Crippen LogP contribution < -0.4 is 5.32 Å². The zero-order chi connectivity index (χ0) is 16.7. The Kier molecular flexibility index (Phi) is 6.11. The van der Waals surface area contributed by atoms with Crippen molar-refractivity contribution in [2.24, 2.45) is 0 Å². The Bertz CT molecular complexity index is 614. The number of aryl methyl sites for hydroxylation is 1. The van der Waals surface area contributed by atoms with Gasteiger partial charge in [0.15, 0.2) is 0 Å². The van der Waals surface area contributed by atoms with E-state index in [2.05, 4.69) is 20.2 Å². The molecule has 10 heteroatoms. The molecule has 0 spiro atoms. The molecule has 0 saturated heterocycles. The van der Waals surface area contributed by atoms with Crippen molar-refractivity contribution in [3.05, 3.63) is 23.4 Å². The van der Waals surface area contributed by atoms with Gasteiger partial charge in [0.25, 0.3) is 0 Å².